The highest BCUT2D eigenvalue weighted by molar-refractivity contribution is 6.05. The summed E-state index contributed by atoms with van der Waals surface area (Å²) in [5, 5.41) is 0. The van der Waals surface area contributed by atoms with Crippen LogP contribution < -0.4 is 0 Å². The van der Waals surface area contributed by atoms with Crippen molar-refractivity contribution in [3.8, 4) is 0 Å². The standard InChI is InChI=1S/C15H21NO/c1-11(2)8-9-17-14-7-5-4-6-13-10-16-12(3)15(13)14/h4-6,11H,7-10H2,1-3H3. The minimum absolute atomic E-state index is 0.690. The molecule has 0 saturated carbocycles. The van der Waals surface area contributed by atoms with Crippen LogP contribution in [0.15, 0.2) is 40.1 Å². The van der Waals surface area contributed by atoms with Crippen molar-refractivity contribution in [3.63, 3.8) is 0 Å². The van der Waals surface area contributed by atoms with Gasteiger partial charge in [-0.1, -0.05) is 32.1 Å². The topological polar surface area (TPSA) is 21.6 Å². The molecule has 0 atom stereocenters. The first-order valence-corrected chi connectivity index (χ1v) is 6.42. The number of fused-ring (bicyclic) bond motifs is 1. The molecule has 2 aliphatic rings. The van der Waals surface area contributed by atoms with Crippen molar-refractivity contribution in [1.29, 1.82) is 0 Å². The molecule has 1 aliphatic heterocycles. The summed E-state index contributed by atoms with van der Waals surface area (Å²) in [5.41, 5.74) is 3.68. The highest BCUT2D eigenvalue weighted by atomic mass is 16.5. The van der Waals surface area contributed by atoms with Crippen molar-refractivity contribution in [1.82, 2.24) is 0 Å². The maximum Gasteiger partial charge on any atom is 0.109 e. The van der Waals surface area contributed by atoms with Gasteiger partial charge in [-0.2, -0.15) is 0 Å². The monoisotopic (exact) mass is 231 g/mol. The molecule has 2 heteroatoms. The lowest BCUT2D eigenvalue weighted by molar-refractivity contribution is 0.190. The van der Waals surface area contributed by atoms with Gasteiger partial charge in [0.25, 0.3) is 0 Å². The third kappa shape index (κ3) is 2.87. The van der Waals surface area contributed by atoms with Gasteiger partial charge < -0.3 is 4.74 Å². The van der Waals surface area contributed by atoms with Crippen LogP contribution in [0.5, 0.6) is 0 Å². The number of ether oxygens (including phenoxy) is 1. The Morgan fingerprint density at radius 3 is 3.00 bits per heavy atom. The highest BCUT2D eigenvalue weighted by Gasteiger charge is 2.21. The summed E-state index contributed by atoms with van der Waals surface area (Å²) in [6.45, 7) is 8.14. The van der Waals surface area contributed by atoms with Gasteiger partial charge in [0, 0.05) is 17.7 Å². The third-order valence-electron chi connectivity index (χ3n) is 3.16. The lowest BCUT2D eigenvalue weighted by Gasteiger charge is -2.13. The Balaban J connectivity index is 2.12. The van der Waals surface area contributed by atoms with Crippen molar-refractivity contribution in [2.24, 2.45) is 10.9 Å². The molecule has 2 nitrogen and oxygen atoms in total. The average molecular weight is 231 g/mol. The molecule has 0 radical (unpaired) electrons. The molecule has 0 fully saturated rings. The number of nitrogens with zero attached hydrogens (tertiary/aromatic N) is 1. The van der Waals surface area contributed by atoms with E-state index in [0.29, 0.717) is 5.92 Å². The Morgan fingerprint density at radius 2 is 2.24 bits per heavy atom. The number of aliphatic imine (C=N–C) groups is 1. The van der Waals surface area contributed by atoms with Crippen LogP contribution in [0.2, 0.25) is 0 Å². The fraction of sp³-hybridized carbons (Fsp3) is 0.533. The van der Waals surface area contributed by atoms with E-state index in [9.17, 15) is 0 Å². The molecule has 0 bridgehead atoms. The van der Waals surface area contributed by atoms with E-state index in [1.54, 1.807) is 0 Å². The summed E-state index contributed by atoms with van der Waals surface area (Å²) in [6.07, 6.45) is 8.43. The van der Waals surface area contributed by atoms with E-state index in [2.05, 4.69) is 44.0 Å². The van der Waals surface area contributed by atoms with Gasteiger partial charge in [0.1, 0.15) is 5.76 Å². The van der Waals surface area contributed by atoms with Gasteiger partial charge in [0.05, 0.1) is 13.2 Å². The van der Waals surface area contributed by atoms with E-state index in [0.717, 1.165) is 37.5 Å². The van der Waals surface area contributed by atoms with Crippen LogP contribution in [-0.4, -0.2) is 18.9 Å². The lowest BCUT2D eigenvalue weighted by Crippen LogP contribution is -2.05. The molecular formula is C15H21NO. The second-order valence-corrected chi connectivity index (χ2v) is 5.05. The van der Waals surface area contributed by atoms with Gasteiger partial charge in [0.15, 0.2) is 0 Å². The van der Waals surface area contributed by atoms with Gasteiger partial charge in [-0.15, -0.1) is 0 Å². The number of hydrogen-bond donors (Lipinski definition) is 0. The molecule has 92 valence electrons. The molecule has 0 aromatic carbocycles. The quantitative estimate of drug-likeness (QED) is 0.723. The van der Waals surface area contributed by atoms with Crippen LogP contribution in [0, 0.1) is 5.92 Å². The SMILES string of the molecule is CC1=NCC2=CC=CCC(OCCC(C)C)=C21. The van der Waals surface area contributed by atoms with Crippen molar-refractivity contribution in [2.75, 3.05) is 13.2 Å². The zero-order valence-corrected chi connectivity index (χ0v) is 11.0. The first kappa shape index (κ1) is 12.2. The summed E-state index contributed by atoms with van der Waals surface area (Å²) in [4.78, 5) is 4.49. The molecule has 17 heavy (non-hydrogen) atoms. The summed E-state index contributed by atoms with van der Waals surface area (Å²) in [6, 6.07) is 0. The van der Waals surface area contributed by atoms with Gasteiger partial charge in [-0.3, -0.25) is 4.99 Å². The lowest BCUT2D eigenvalue weighted by atomic mass is 10.0. The zero-order chi connectivity index (χ0) is 12.3. The molecule has 0 amide bonds. The molecule has 1 aliphatic carbocycles. The molecule has 0 unspecified atom stereocenters. The second kappa shape index (κ2) is 5.35. The number of rotatable bonds is 4. The minimum Gasteiger partial charge on any atom is -0.497 e. The van der Waals surface area contributed by atoms with E-state index >= 15 is 0 Å². The van der Waals surface area contributed by atoms with Crippen molar-refractivity contribution in [3.05, 3.63) is 35.1 Å². The maximum atomic E-state index is 5.96. The van der Waals surface area contributed by atoms with Crippen molar-refractivity contribution >= 4 is 5.71 Å². The average Bonchev–Trinajstić information content (AvgIpc) is 2.52. The first-order valence-electron chi connectivity index (χ1n) is 6.42. The zero-order valence-electron chi connectivity index (χ0n) is 11.0. The normalized spacial score (nSPS) is 19.1. The molecule has 2 rings (SSSR count). The van der Waals surface area contributed by atoms with Crippen LogP contribution in [0.25, 0.3) is 0 Å². The van der Waals surface area contributed by atoms with Gasteiger partial charge in [-0.25, -0.2) is 0 Å². The molecule has 0 saturated heterocycles. The molecule has 0 aromatic rings. The molecule has 1 heterocycles. The van der Waals surface area contributed by atoms with E-state index in [1.165, 1.54) is 11.1 Å². The molecule has 0 spiro atoms. The fourth-order valence-corrected chi connectivity index (χ4v) is 2.12. The van der Waals surface area contributed by atoms with Crippen LogP contribution >= 0.6 is 0 Å². The van der Waals surface area contributed by atoms with Crippen LogP contribution in [0.4, 0.5) is 0 Å². The second-order valence-electron chi connectivity index (χ2n) is 5.05. The van der Waals surface area contributed by atoms with E-state index < -0.39 is 0 Å². The van der Waals surface area contributed by atoms with Crippen LogP contribution in [0.3, 0.4) is 0 Å². The van der Waals surface area contributed by atoms with E-state index in [4.69, 9.17) is 4.74 Å². The van der Waals surface area contributed by atoms with E-state index in [-0.39, 0.29) is 0 Å². The Labute approximate surface area is 104 Å². The summed E-state index contributed by atoms with van der Waals surface area (Å²) in [5.74, 6) is 1.79. The third-order valence-corrected chi connectivity index (χ3v) is 3.16. The number of hydrogen-bond acceptors (Lipinski definition) is 2. The number of allylic oxidation sites excluding steroid dienone is 3. The summed E-state index contributed by atoms with van der Waals surface area (Å²) < 4.78 is 5.96. The predicted octanol–water partition coefficient (Wildman–Crippen LogP) is 3.66. The van der Waals surface area contributed by atoms with Crippen LogP contribution in [0.1, 0.15) is 33.6 Å². The summed E-state index contributed by atoms with van der Waals surface area (Å²) in [7, 11) is 0. The molecule has 0 aromatic heterocycles. The predicted molar refractivity (Wildman–Crippen MR) is 72.2 cm³/mol. The minimum atomic E-state index is 0.690. The molecular weight excluding hydrogens is 210 g/mol. The van der Waals surface area contributed by atoms with Crippen molar-refractivity contribution in [2.45, 2.75) is 33.6 Å². The van der Waals surface area contributed by atoms with Crippen LogP contribution in [-0.2, 0) is 4.74 Å². The van der Waals surface area contributed by atoms with E-state index in [1.807, 2.05) is 0 Å². The fourth-order valence-electron chi connectivity index (χ4n) is 2.12. The Morgan fingerprint density at radius 1 is 1.41 bits per heavy atom. The van der Waals surface area contributed by atoms with Gasteiger partial charge >= 0.3 is 0 Å². The highest BCUT2D eigenvalue weighted by Crippen LogP contribution is 2.28. The smallest absolute Gasteiger partial charge is 0.109 e. The maximum absolute atomic E-state index is 5.96. The largest absolute Gasteiger partial charge is 0.497 e. The van der Waals surface area contributed by atoms with Crippen molar-refractivity contribution < 1.29 is 4.74 Å². The van der Waals surface area contributed by atoms with Gasteiger partial charge in [-0.05, 0) is 24.8 Å². The Hall–Kier alpha value is -1.31. The van der Waals surface area contributed by atoms with Gasteiger partial charge in [0.2, 0.25) is 0 Å². The first-order chi connectivity index (χ1) is 8.18. The molecule has 0 N–H and O–H groups in total. The Kier molecular flexibility index (Phi) is 3.82. The summed E-state index contributed by atoms with van der Waals surface area (Å²) >= 11 is 0. The Bertz CT molecular complexity index is 411.